The highest BCUT2D eigenvalue weighted by Gasteiger charge is 2.45. The maximum absolute atomic E-state index is 14.3. The summed E-state index contributed by atoms with van der Waals surface area (Å²) in [6, 6.07) is 40.9. The van der Waals surface area contributed by atoms with Crippen molar-refractivity contribution in [2.24, 2.45) is 0 Å². The second-order valence-corrected chi connectivity index (χ2v) is 16.5. The summed E-state index contributed by atoms with van der Waals surface area (Å²) >= 11 is 0. The highest BCUT2D eigenvalue weighted by molar-refractivity contribution is 6.35. The number of para-hydroxylation sites is 1. The van der Waals surface area contributed by atoms with Crippen molar-refractivity contribution in [3.05, 3.63) is 155 Å². The number of rotatable bonds is 11. The van der Waals surface area contributed by atoms with Crippen LogP contribution in [0.3, 0.4) is 0 Å². The number of fused-ring (bicyclic) bond motifs is 5. The number of hydrogen-bond donors (Lipinski definition) is 0. The first-order chi connectivity index (χ1) is 28.9. The Bertz CT molecular complexity index is 2920. The monoisotopic (exact) mass is 793 g/mol. The molecule has 0 fully saturated rings. The predicted octanol–water partition coefficient (Wildman–Crippen LogP) is 12.3. The molecule has 7 aromatic rings. The van der Waals surface area contributed by atoms with Gasteiger partial charge in [-0.15, -0.1) is 0 Å². The highest BCUT2D eigenvalue weighted by atomic mass is 16.5. The molecule has 0 bridgehead atoms. The van der Waals surface area contributed by atoms with Crippen molar-refractivity contribution in [2.45, 2.75) is 78.2 Å². The van der Waals surface area contributed by atoms with E-state index in [9.17, 15) is 19.2 Å². The van der Waals surface area contributed by atoms with E-state index >= 15 is 0 Å². The van der Waals surface area contributed by atoms with Gasteiger partial charge in [-0.1, -0.05) is 89.2 Å². The summed E-state index contributed by atoms with van der Waals surface area (Å²) in [5.41, 5.74) is 7.43. The molecule has 6 aromatic carbocycles. The molecule has 0 saturated heterocycles. The van der Waals surface area contributed by atoms with Crippen molar-refractivity contribution in [3.8, 4) is 28.3 Å². The Balaban J connectivity index is 1.09. The Morgan fingerprint density at radius 2 is 1.05 bits per heavy atom. The average molecular weight is 794 g/mol. The van der Waals surface area contributed by atoms with E-state index in [0.29, 0.717) is 35.6 Å². The van der Waals surface area contributed by atoms with Gasteiger partial charge >= 0.3 is 0 Å². The summed E-state index contributed by atoms with van der Waals surface area (Å²) in [5.74, 6) is -0.853. The van der Waals surface area contributed by atoms with Crippen LogP contribution in [0, 0.1) is 0 Å². The second-order valence-electron chi connectivity index (χ2n) is 16.5. The van der Waals surface area contributed by atoms with Crippen LogP contribution in [-0.4, -0.2) is 38.6 Å². The molecule has 2 aliphatic heterocycles. The molecule has 0 unspecified atom stereocenters. The molecule has 0 atom stereocenters. The van der Waals surface area contributed by atoms with E-state index in [1.807, 2.05) is 57.2 Å². The van der Waals surface area contributed by atoms with Gasteiger partial charge in [0.2, 0.25) is 0 Å². The number of imide groups is 2. The number of carbonyl (C=O) groups excluding carboxylic acids is 4. The smallest absolute Gasteiger partial charge is 0.266 e. The van der Waals surface area contributed by atoms with Crippen molar-refractivity contribution in [3.63, 3.8) is 0 Å². The highest BCUT2D eigenvalue weighted by Crippen LogP contribution is 2.42. The van der Waals surface area contributed by atoms with Crippen LogP contribution in [0.15, 0.2) is 127 Å². The molecule has 0 saturated carbocycles. The van der Waals surface area contributed by atoms with E-state index in [2.05, 4.69) is 79.9 Å². The first-order valence-corrected chi connectivity index (χ1v) is 20.9. The lowest BCUT2D eigenvalue weighted by molar-refractivity contribution is 0.0434. The molecule has 0 radical (unpaired) electrons. The van der Waals surface area contributed by atoms with Crippen molar-refractivity contribution in [2.75, 3.05) is 4.90 Å². The van der Waals surface area contributed by atoms with E-state index in [1.165, 1.54) is 15.4 Å². The molecule has 3 heterocycles. The summed E-state index contributed by atoms with van der Waals surface area (Å²) in [6.45, 7) is 12.6. The number of hydrogen-bond acceptors (Lipinski definition) is 5. The Hall–Kier alpha value is -6.80. The van der Waals surface area contributed by atoms with E-state index in [-0.39, 0.29) is 33.9 Å². The lowest BCUT2D eigenvalue weighted by Gasteiger charge is -2.35. The number of benzene rings is 6. The maximum atomic E-state index is 14.3. The first kappa shape index (κ1) is 38.7. The van der Waals surface area contributed by atoms with Crippen LogP contribution < -0.4 is 9.64 Å². The zero-order chi connectivity index (χ0) is 42.1. The van der Waals surface area contributed by atoms with Crippen LogP contribution >= 0.6 is 0 Å². The third-order valence-corrected chi connectivity index (χ3v) is 13.5. The van der Waals surface area contributed by atoms with Crippen LogP contribution in [0.5, 0.6) is 11.5 Å². The predicted molar refractivity (Wildman–Crippen MR) is 238 cm³/mol. The van der Waals surface area contributed by atoms with Gasteiger partial charge in [0.15, 0.2) is 0 Å². The number of ether oxygens (including phenoxy) is 1. The molecule has 0 aliphatic carbocycles. The van der Waals surface area contributed by atoms with Crippen LogP contribution in [0.4, 0.5) is 5.69 Å². The fourth-order valence-corrected chi connectivity index (χ4v) is 8.97. The number of amides is 4. The molecular formula is C52H47N3O5. The van der Waals surface area contributed by atoms with Gasteiger partial charge in [-0.05, 0) is 122 Å². The van der Waals surface area contributed by atoms with E-state index in [4.69, 9.17) is 4.74 Å². The number of carbonyl (C=O) groups is 4. The number of aromatic nitrogens is 1. The van der Waals surface area contributed by atoms with Gasteiger partial charge in [0, 0.05) is 21.9 Å². The Labute approximate surface area is 350 Å². The van der Waals surface area contributed by atoms with E-state index in [1.54, 1.807) is 36.4 Å². The maximum Gasteiger partial charge on any atom is 0.266 e. The minimum absolute atomic E-state index is 0.0247. The molecule has 0 spiro atoms. The quantitative estimate of drug-likeness (QED) is 0.122. The summed E-state index contributed by atoms with van der Waals surface area (Å²) in [6.07, 6.45) is 3.24. The molecule has 8 nitrogen and oxygen atoms in total. The average Bonchev–Trinajstić information content (AvgIpc) is 3.84. The van der Waals surface area contributed by atoms with Crippen molar-refractivity contribution in [1.29, 1.82) is 0 Å². The molecule has 1 aromatic heterocycles. The molecular weight excluding hydrogens is 747 g/mol. The van der Waals surface area contributed by atoms with Gasteiger partial charge in [0.1, 0.15) is 11.5 Å². The van der Waals surface area contributed by atoms with Crippen LogP contribution in [0.2, 0.25) is 0 Å². The SMILES string of the molecule is CCC(C)(CC)c1ccc2c(c1)c1cc(N3C(=O)c4ccc(Oc5ccc6c(c5)C(=O)N(C(C)(CC)CC)C6=O)cc4C3=O)ccc1n2-c1ccccc1-c1ccccc1. The van der Waals surface area contributed by atoms with Crippen molar-refractivity contribution >= 4 is 51.1 Å². The van der Waals surface area contributed by atoms with E-state index in [0.717, 1.165) is 51.5 Å². The molecule has 60 heavy (non-hydrogen) atoms. The van der Waals surface area contributed by atoms with Crippen molar-refractivity contribution in [1.82, 2.24) is 9.47 Å². The molecule has 0 N–H and O–H groups in total. The molecule has 300 valence electrons. The van der Waals surface area contributed by atoms with Crippen LogP contribution in [0.25, 0.3) is 38.6 Å². The Kier molecular flexibility index (Phi) is 9.34. The molecule has 2 aliphatic rings. The fourth-order valence-electron chi connectivity index (χ4n) is 8.97. The normalized spacial score (nSPS) is 14.2. The van der Waals surface area contributed by atoms with Crippen molar-refractivity contribution < 1.29 is 23.9 Å². The van der Waals surface area contributed by atoms with Crippen LogP contribution in [0.1, 0.15) is 114 Å². The minimum atomic E-state index is -0.600. The number of nitrogens with zero attached hydrogens (tertiary/aromatic N) is 3. The lowest BCUT2D eigenvalue weighted by atomic mass is 9.77. The molecule has 4 amide bonds. The third-order valence-electron chi connectivity index (χ3n) is 13.5. The van der Waals surface area contributed by atoms with Crippen LogP contribution in [-0.2, 0) is 5.41 Å². The minimum Gasteiger partial charge on any atom is -0.457 e. The Morgan fingerprint density at radius 3 is 1.70 bits per heavy atom. The van der Waals surface area contributed by atoms with E-state index < -0.39 is 17.4 Å². The molecule has 8 heteroatoms. The lowest BCUT2D eigenvalue weighted by Crippen LogP contribution is -2.48. The third kappa shape index (κ3) is 5.87. The summed E-state index contributed by atoms with van der Waals surface area (Å²) in [7, 11) is 0. The zero-order valence-electron chi connectivity index (χ0n) is 34.8. The second kappa shape index (κ2) is 14.5. The molecule has 9 rings (SSSR count). The first-order valence-electron chi connectivity index (χ1n) is 20.9. The fraction of sp³-hybridized carbons (Fsp3) is 0.231. The summed E-state index contributed by atoms with van der Waals surface area (Å²) in [5, 5.41) is 1.98. The van der Waals surface area contributed by atoms with Gasteiger partial charge < -0.3 is 9.30 Å². The standard InChI is InChI=1S/C52H47N3O5/c1-7-51(5,8-2)33-20-26-45-40(28-33)41-29-34(21-27-46(41)54(45)44-19-15-14-18-37(44)32-16-12-11-13-17-32)53-47(56)38-24-22-35(30-42(38)48(53)57)60-36-23-25-39-43(31-36)50(59)55(49(39)58)52(6,9-3)10-4/h11-31H,7-10H2,1-6H3. The van der Waals surface area contributed by atoms with Gasteiger partial charge in [-0.2, -0.15) is 0 Å². The topological polar surface area (TPSA) is 88.9 Å². The van der Waals surface area contributed by atoms with Gasteiger partial charge in [0.25, 0.3) is 23.6 Å². The summed E-state index contributed by atoms with van der Waals surface area (Å²) < 4.78 is 8.48. The van der Waals surface area contributed by atoms with Gasteiger partial charge in [-0.25, -0.2) is 4.90 Å². The number of anilines is 1. The Morgan fingerprint density at radius 1 is 0.500 bits per heavy atom. The summed E-state index contributed by atoms with van der Waals surface area (Å²) in [4.78, 5) is 57.8. The largest absolute Gasteiger partial charge is 0.457 e. The van der Waals surface area contributed by atoms with Gasteiger partial charge in [-0.3, -0.25) is 24.1 Å². The zero-order valence-corrected chi connectivity index (χ0v) is 34.8. The van der Waals surface area contributed by atoms with Gasteiger partial charge in [0.05, 0.1) is 44.7 Å².